The van der Waals surface area contributed by atoms with Crippen molar-refractivity contribution in [2.24, 2.45) is 0 Å². The average molecular weight is 254 g/mol. The Morgan fingerprint density at radius 3 is 2.79 bits per heavy atom. The van der Waals surface area contributed by atoms with E-state index in [4.69, 9.17) is 0 Å². The first kappa shape index (κ1) is 11.2. The van der Waals surface area contributed by atoms with Gasteiger partial charge in [-0.2, -0.15) is 5.10 Å². The molecule has 1 N–H and O–H groups in total. The van der Waals surface area contributed by atoms with Gasteiger partial charge in [-0.15, -0.1) is 0 Å². The second kappa shape index (κ2) is 4.46. The molecular weight excluding hydrogens is 236 g/mol. The third-order valence-corrected chi connectivity index (χ3v) is 3.88. The maximum Gasteiger partial charge on any atom is 0.153 e. The normalized spacial score (nSPS) is 18.7. The molecule has 0 bridgehead atoms. The van der Waals surface area contributed by atoms with Crippen LogP contribution in [0.15, 0.2) is 30.6 Å². The number of hydrogen-bond acceptors (Lipinski definition) is 3. The summed E-state index contributed by atoms with van der Waals surface area (Å²) in [6.45, 7) is 0.948. The van der Waals surface area contributed by atoms with Crippen molar-refractivity contribution in [2.45, 2.75) is 44.2 Å². The minimum atomic E-state index is 0.681. The lowest BCUT2D eigenvalue weighted by Crippen LogP contribution is -2.16. The van der Waals surface area contributed by atoms with Crippen LogP contribution in [0, 0.1) is 0 Å². The Kier molecular flexibility index (Phi) is 2.62. The van der Waals surface area contributed by atoms with Crippen LogP contribution >= 0.6 is 0 Å². The van der Waals surface area contributed by atoms with Crippen LogP contribution in [-0.4, -0.2) is 20.8 Å². The van der Waals surface area contributed by atoms with Crippen molar-refractivity contribution in [3.63, 3.8) is 0 Å². The second-order valence-corrected chi connectivity index (χ2v) is 5.58. The molecule has 2 fully saturated rings. The zero-order chi connectivity index (χ0) is 12.7. The summed E-state index contributed by atoms with van der Waals surface area (Å²) in [7, 11) is 0. The van der Waals surface area contributed by atoms with Crippen molar-refractivity contribution in [3.8, 4) is 5.82 Å². The van der Waals surface area contributed by atoms with E-state index in [0.29, 0.717) is 5.92 Å². The Morgan fingerprint density at radius 1 is 1.21 bits per heavy atom. The summed E-state index contributed by atoms with van der Waals surface area (Å²) in [5.74, 6) is 1.61. The van der Waals surface area contributed by atoms with Crippen LogP contribution in [-0.2, 0) is 6.54 Å². The standard InChI is InChI=1S/C15H18N4/c1-2-8-16-14(3-1)19-15(11-4-5-11)12(10-18-19)9-17-13-6-7-13/h1-3,8,10-11,13,17H,4-7,9H2. The van der Waals surface area contributed by atoms with Gasteiger partial charge < -0.3 is 5.32 Å². The molecule has 0 saturated heterocycles. The zero-order valence-corrected chi connectivity index (χ0v) is 10.9. The largest absolute Gasteiger partial charge is 0.310 e. The van der Waals surface area contributed by atoms with Crippen LogP contribution in [0.4, 0.5) is 0 Å². The van der Waals surface area contributed by atoms with Crippen LogP contribution in [0.25, 0.3) is 5.82 Å². The van der Waals surface area contributed by atoms with Crippen LogP contribution in [0.1, 0.15) is 42.9 Å². The van der Waals surface area contributed by atoms with Gasteiger partial charge in [-0.3, -0.25) is 0 Å². The number of aromatic nitrogens is 3. The van der Waals surface area contributed by atoms with Gasteiger partial charge in [0.2, 0.25) is 0 Å². The summed E-state index contributed by atoms with van der Waals surface area (Å²) in [5, 5.41) is 8.15. The van der Waals surface area contributed by atoms with Gasteiger partial charge in [-0.1, -0.05) is 6.07 Å². The molecule has 0 spiro atoms. The van der Waals surface area contributed by atoms with Gasteiger partial charge in [-0.05, 0) is 37.8 Å². The molecule has 2 aromatic heterocycles. The van der Waals surface area contributed by atoms with E-state index in [1.165, 1.54) is 36.9 Å². The first-order valence-electron chi connectivity index (χ1n) is 7.13. The fraction of sp³-hybridized carbons (Fsp3) is 0.467. The molecule has 0 amide bonds. The van der Waals surface area contributed by atoms with Crippen molar-refractivity contribution < 1.29 is 0 Å². The van der Waals surface area contributed by atoms with Crippen molar-refractivity contribution in [3.05, 3.63) is 41.9 Å². The van der Waals surface area contributed by atoms with E-state index < -0.39 is 0 Å². The number of rotatable bonds is 5. The molecule has 0 aliphatic heterocycles. The monoisotopic (exact) mass is 254 g/mol. The highest BCUT2D eigenvalue weighted by molar-refractivity contribution is 5.33. The van der Waals surface area contributed by atoms with Crippen LogP contribution in [0.5, 0.6) is 0 Å². The molecule has 2 aliphatic rings. The van der Waals surface area contributed by atoms with E-state index >= 15 is 0 Å². The molecule has 0 unspecified atom stereocenters. The van der Waals surface area contributed by atoms with E-state index in [1.807, 2.05) is 35.3 Å². The van der Waals surface area contributed by atoms with Crippen LogP contribution in [0.2, 0.25) is 0 Å². The van der Waals surface area contributed by atoms with Crippen LogP contribution < -0.4 is 5.32 Å². The van der Waals surface area contributed by atoms with E-state index in [2.05, 4.69) is 15.4 Å². The van der Waals surface area contributed by atoms with E-state index in [9.17, 15) is 0 Å². The minimum Gasteiger partial charge on any atom is -0.310 e. The fourth-order valence-corrected chi connectivity index (χ4v) is 2.52. The Labute approximate surface area is 112 Å². The van der Waals surface area contributed by atoms with Gasteiger partial charge in [0.15, 0.2) is 5.82 Å². The Morgan fingerprint density at radius 2 is 2.11 bits per heavy atom. The summed E-state index contributed by atoms with van der Waals surface area (Å²) < 4.78 is 2.03. The van der Waals surface area contributed by atoms with Gasteiger partial charge in [0.05, 0.1) is 11.9 Å². The van der Waals surface area contributed by atoms with Crippen molar-refractivity contribution >= 4 is 0 Å². The summed E-state index contributed by atoms with van der Waals surface area (Å²) >= 11 is 0. The fourth-order valence-electron chi connectivity index (χ4n) is 2.52. The predicted molar refractivity (Wildman–Crippen MR) is 73.2 cm³/mol. The third-order valence-electron chi connectivity index (χ3n) is 3.88. The van der Waals surface area contributed by atoms with E-state index in [1.54, 1.807) is 0 Å². The van der Waals surface area contributed by atoms with E-state index in [-0.39, 0.29) is 0 Å². The van der Waals surface area contributed by atoms with Gasteiger partial charge >= 0.3 is 0 Å². The molecule has 4 heteroatoms. The molecule has 4 rings (SSSR count). The third kappa shape index (κ3) is 2.28. The molecular formula is C15H18N4. The number of nitrogens with one attached hydrogen (secondary N) is 1. The molecule has 98 valence electrons. The molecule has 0 radical (unpaired) electrons. The van der Waals surface area contributed by atoms with Gasteiger partial charge in [0.1, 0.15) is 0 Å². The van der Waals surface area contributed by atoms with Gasteiger partial charge in [0.25, 0.3) is 0 Å². The smallest absolute Gasteiger partial charge is 0.153 e. The molecule has 2 saturated carbocycles. The number of pyridine rings is 1. The number of nitrogens with zero attached hydrogens (tertiary/aromatic N) is 3. The maximum absolute atomic E-state index is 4.56. The molecule has 2 heterocycles. The van der Waals surface area contributed by atoms with Crippen LogP contribution in [0.3, 0.4) is 0 Å². The lowest BCUT2D eigenvalue weighted by Gasteiger charge is -2.08. The predicted octanol–water partition coefficient (Wildman–Crippen LogP) is 2.40. The first-order chi connectivity index (χ1) is 9.42. The molecule has 0 atom stereocenters. The lowest BCUT2D eigenvalue weighted by atomic mass is 10.1. The quantitative estimate of drug-likeness (QED) is 0.891. The maximum atomic E-state index is 4.56. The average Bonchev–Trinajstić information content (AvgIpc) is 3.37. The summed E-state index contributed by atoms with van der Waals surface area (Å²) in [6.07, 6.45) is 9.07. The zero-order valence-electron chi connectivity index (χ0n) is 10.9. The molecule has 2 aromatic rings. The Hall–Kier alpha value is -1.68. The lowest BCUT2D eigenvalue weighted by molar-refractivity contribution is 0.678. The second-order valence-electron chi connectivity index (χ2n) is 5.58. The molecule has 4 nitrogen and oxygen atoms in total. The molecule has 0 aromatic carbocycles. The highest BCUT2D eigenvalue weighted by Crippen LogP contribution is 2.42. The van der Waals surface area contributed by atoms with Gasteiger partial charge in [-0.25, -0.2) is 9.67 Å². The Balaban J connectivity index is 1.66. The summed E-state index contributed by atoms with van der Waals surface area (Å²) in [4.78, 5) is 4.42. The first-order valence-corrected chi connectivity index (χ1v) is 7.13. The van der Waals surface area contributed by atoms with Crippen molar-refractivity contribution in [1.82, 2.24) is 20.1 Å². The number of hydrogen-bond donors (Lipinski definition) is 1. The van der Waals surface area contributed by atoms with Crippen molar-refractivity contribution in [2.75, 3.05) is 0 Å². The minimum absolute atomic E-state index is 0.681. The summed E-state index contributed by atoms with van der Waals surface area (Å²) in [5.41, 5.74) is 2.71. The molecule has 19 heavy (non-hydrogen) atoms. The highest BCUT2D eigenvalue weighted by atomic mass is 15.3. The Bertz CT molecular complexity index is 567. The molecule has 2 aliphatic carbocycles. The topological polar surface area (TPSA) is 42.7 Å². The van der Waals surface area contributed by atoms with E-state index in [0.717, 1.165) is 18.4 Å². The summed E-state index contributed by atoms with van der Waals surface area (Å²) in [6, 6.07) is 6.73. The highest BCUT2D eigenvalue weighted by Gasteiger charge is 2.31. The van der Waals surface area contributed by atoms with Crippen molar-refractivity contribution in [1.29, 1.82) is 0 Å². The SMILES string of the molecule is c1ccc(-n2ncc(CNC3CC3)c2C2CC2)nc1. The van der Waals surface area contributed by atoms with Gasteiger partial charge in [0, 0.05) is 30.3 Å².